The fourth-order valence-corrected chi connectivity index (χ4v) is 14.0. The van der Waals surface area contributed by atoms with E-state index in [0.29, 0.717) is 94.8 Å². The molecular formula is C89H180N9NaO11S+4. The van der Waals surface area contributed by atoms with Gasteiger partial charge in [0, 0.05) is 95.5 Å². The van der Waals surface area contributed by atoms with E-state index in [1.165, 1.54) is 96.3 Å². The molecule has 0 saturated carbocycles. The Kier molecular flexibility index (Phi) is 80.1. The van der Waals surface area contributed by atoms with Crippen LogP contribution in [-0.2, 0) is 38.9 Å². The Labute approximate surface area is 706 Å². The minimum Gasteiger partial charge on any atom is -0.748 e. The number of Topliss-reactive ketones (excluding diaryl/α,β-unsaturated/α-hetero) is 3. The number of rotatable bonds is 77. The number of amides is 3. The Hall–Kier alpha value is -2.51. The molecule has 0 spiro atoms. The molecule has 5 N–H and O–H groups in total. The molecule has 0 aromatic carbocycles. The summed E-state index contributed by atoms with van der Waals surface area (Å²) in [6.45, 7) is 7.74. The van der Waals surface area contributed by atoms with E-state index in [4.69, 9.17) is 0 Å². The van der Waals surface area contributed by atoms with Gasteiger partial charge in [-0.2, -0.15) is 9.29 Å². The van der Waals surface area contributed by atoms with Gasteiger partial charge in [-0.15, -0.1) is 0 Å². The molecule has 22 heteroatoms. The molecule has 1 unspecified atom stereocenters. The summed E-state index contributed by atoms with van der Waals surface area (Å²) in [5.74, 6) is 1.65. The number of quaternary nitrogens is 4. The van der Waals surface area contributed by atoms with E-state index < -0.39 is 15.4 Å². The number of carbonyl (C=O) groups excluding carboxylic acids is 6. The fraction of sp³-hybridized carbons (Fsp3) is 0.888. The Morgan fingerprint density at radius 1 is 0.315 bits per heavy atom. The maximum atomic E-state index is 12.0. The summed E-state index contributed by atoms with van der Waals surface area (Å²) in [5, 5.41) is 27.4. The van der Waals surface area contributed by atoms with Crippen molar-refractivity contribution in [3.05, 3.63) is 24.3 Å². The molecule has 20 nitrogen and oxygen atoms in total. The molecule has 111 heavy (non-hydrogen) atoms. The summed E-state index contributed by atoms with van der Waals surface area (Å²) in [6, 6.07) is 0. The molecule has 0 rings (SSSR count). The molecule has 0 heterocycles. The van der Waals surface area contributed by atoms with Crippen molar-refractivity contribution in [3.8, 4) is 0 Å². The van der Waals surface area contributed by atoms with E-state index in [1.807, 2.05) is 0 Å². The van der Waals surface area contributed by atoms with Crippen LogP contribution in [0.15, 0.2) is 24.3 Å². The van der Waals surface area contributed by atoms with Crippen LogP contribution in [0.2, 0.25) is 0 Å². The molecule has 0 aliphatic heterocycles. The summed E-state index contributed by atoms with van der Waals surface area (Å²) in [7, 11) is 24.0. The minimum atomic E-state index is -4.27. The number of hydrogen-bond acceptors (Lipinski definition) is 13. The molecule has 1 atom stereocenters. The standard InChI is InChI=1S/C31H63N3O5S.C29H58N3O4.C29H57N3O2.Na/c1-33(2,3)27-19-18-22-29(35)21-14-10-7-8-11-15-23-30(40(37,38)39)24-16-12-9-13-17-25-31(36)32-26-20-28-34(4,5)6;1-31(2,35)26-20-19-23-28(33)22-17-15-13-11-9-7-5-6-8-10-12-14-16-18-24-29(34)30-25-21-27-32(3,4)36;1-31(2)26-20-19-23-28(33)22-17-15-13-11-9-7-5-6-8-10-12-14-16-18-24-29(34)30-25-21-27-32(3)4;/h30H,7-28H2,1-6H3;5-6,35-36H,7-27H2,1-4H3;5-6H,7-27H2,1-4H3,(H,30,34);/q;+1;;+1/p+2/b;2*6-5+;. The Morgan fingerprint density at radius 2 is 0.541 bits per heavy atom. The van der Waals surface area contributed by atoms with Gasteiger partial charge < -0.3 is 39.3 Å². The summed E-state index contributed by atoms with van der Waals surface area (Å²) in [6.07, 6.45) is 63.6. The molecule has 0 aliphatic carbocycles. The number of hydroxylamine groups is 6. The largest absolute Gasteiger partial charge is 1.00 e. The first-order valence-electron chi connectivity index (χ1n) is 44.6. The second-order valence-corrected chi connectivity index (χ2v) is 37.3. The molecule has 0 radical (unpaired) electrons. The number of nitrogens with one attached hydrogen (secondary N) is 3. The van der Waals surface area contributed by atoms with E-state index in [-0.39, 0.29) is 56.6 Å². The van der Waals surface area contributed by atoms with Gasteiger partial charge in [0.15, 0.2) is 0 Å². The maximum absolute atomic E-state index is 12.0. The van der Waals surface area contributed by atoms with E-state index in [1.54, 1.807) is 28.2 Å². The number of ketones is 3. The van der Waals surface area contributed by atoms with E-state index in [2.05, 4.69) is 121 Å². The monoisotopic (exact) mass is 1610 g/mol. The predicted octanol–water partition coefficient (Wildman–Crippen LogP) is 15.0. The van der Waals surface area contributed by atoms with Crippen molar-refractivity contribution in [1.29, 1.82) is 0 Å². The van der Waals surface area contributed by atoms with Crippen LogP contribution in [0.1, 0.15) is 353 Å². The van der Waals surface area contributed by atoms with Gasteiger partial charge in [-0.05, 0) is 189 Å². The van der Waals surface area contributed by atoms with Gasteiger partial charge in [-0.25, -0.2) is 18.8 Å². The Morgan fingerprint density at radius 3 is 0.838 bits per heavy atom. The van der Waals surface area contributed by atoms with Crippen molar-refractivity contribution in [2.45, 2.75) is 358 Å². The van der Waals surface area contributed by atoms with Crippen LogP contribution in [-0.4, -0.2) is 249 Å². The van der Waals surface area contributed by atoms with Crippen LogP contribution in [0.5, 0.6) is 0 Å². The first kappa shape index (κ1) is 115. The Balaban J connectivity index is -0.000000773. The number of carbonyl (C=O) groups is 6. The van der Waals surface area contributed by atoms with Gasteiger partial charge >= 0.3 is 29.6 Å². The summed E-state index contributed by atoms with van der Waals surface area (Å²) < 4.78 is 36.9. The number of allylic oxidation sites excluding steroid dienone is 4. The molecule has 0 aromatic heterocycles. The molecule has 0 fully saturated rings. The third-order valence-corrected chi connectivity index (χ3v) is 21.3. The zero-order valence-corrected chi connectivity index (χ0v) is 78.1. The van der Waals surface area contributed by atoms with Crippen LogP contribution >= 0.6 is 0 Å². The predicted molar refractivity (Wildman–Crippen MR) is 460 cm³/mol. The third kappa shape index (κ3) is 102. The van der Waals surface area contributed by atoms with Gasteiger partial charge in [-0.1, -0.05) is 159 Å². The molecule has 3 amide bonds. The average Bonchev–Trinajstić information content (AvgIpc) is 0.896. The number of hydrogen-bond donors (Lipinski definition) is 5. The van der Waals surface area contributed by atoms with Crippen molar-refractivity contribution in [3.63, 3.8) is 0 Å². The van der Waals surface area contributed by atoms with Gasteiger partial charge in [0.05, 0.1) is 93.7 Å². The molecule has 0 aromatic rings. The zero-order valence-electron chi connectivity index (χ0n) is 75.3. The van der Waals surface area contributed by atoms with E-state index in [0.717, 1.165) is 247 Å². The van der Waals surface area contributed by atoms with Crippen LogP contribution in [0.4, 0.5) is 0 Å². The minimum absolute atomic E-state index is 0. The summed E-state index contributed by atoms with van der Waals surface area (Å²) in [4.78, 5) is 75.6. The summed E-state index contributed by atoms with van der Waals surface area (Å²) >= 11 is 0. The van der Waals surface area contributed by atoms with Crippen molar-refractivity contribution in [2.24, 2.45) is 0 Å². The SMILES string of the molecule is CN(C)CCCCC(=O)CCCCCCC/C=C/CCCCCCCC(=O)NCCCN(C)C.C[N+](C)(C)CCCCC(=O)CCCCCCCCC(CCCCCCCC(=O)NCCC[N+](C)(C)C)S(=O)(=O)[O-].C[N+](C)(O)CCCCC(=O)CCCCCCC/C=C/CCCCCCCC(=O)NCCC[N+](C)(C)O.[Na+]. The number of unbranched alkanes of at least 4 members (excludes halogenated alkanes) is 32. The van der Waals surface area contributed by atoms with Gasteiger partial charge in [-0.3, -0.25) is 28.8 Å². The second kappa shape index (κ2) is 77.4. The molecule has 0 saturated heterocycles. The van der Waals surface area contributed by atoms with Crippen molar-refractivity contribution >= 4 is 45.2 Å². The Bertz CT molecular complexity index is 2280. The quantitative estimate of drug-likeness (QED) is 0.00951. The van der Waals surface area contributed by atoms with Gasteiger partial charge in [0.1, 0.15) is 30.4 Å². The first-order valence-corrected chi connectivity index (χ1v) is 46.1. The maximum Gasteiger partial charge on any atom is 1.00 e. The zero-order chi connectivity index (χ0) is 82.9. The van der Waals surface area contributed by atoms with Crippen LogP contribution < -0.4 is 45.5 Å². The van der Waals surface area contributed by atoms with E-state index >= 15 is 0 Å². The third-order valence-electron chi connectivity index (χ3n) is 20.0. The van der Waals surface area contributed by atoms with Crippen molar-refractivity contribution in [2.75, 3.05) is 158 Å². The van der Waals surface area contributed by atoms with Crippen LogP contribution in [0.25, 0.3) is 0 Å². The van der Waals surface area contributed by atoms with Gasteiger partial charge in [0.2, 0.25) is 17.7 Å². The van der Waals surface area contributed by atoms with Crippen molar-refractivity contribution < 1.29 is 100.0 Å². The normalized spacial score (nSPS) is 12.4. The van der Waals surface area contributed by atoms with E-state index in [9.17, 15) is 52.2 Å². The first-order chi connectivity index (χ1) is 52.0. The molecule has 0 bridgehead atoms. The smallest absolute Gasteiger partial charge is 0.748 e. The van der Waals surface area contributed by atoms with Crippen LogP contribution in [0.3, 0.4) is 0 Å². The fourth-order valence-electron chi connectivity index (χ4n) is 13.1. The molecule has 650 valence electrons. The number of nitrogens with zero attached hydrogens (tertiary/aromatic N) is 6. The summed E-state index contributed by atoms with van der Waals surface area (Å²) in [5.41, 5.74) is 0. The van der Waals surface area contributed by atoms with Gasteiger partial charge in [0.25, 0.3) is 0 Å². The molecule has 0 aliphatic rings. The topological polar surface area (TPSA) is 243 Å². The second-order valence-electron chi connectivity index (χ2n) is 35.7. The van der Waals surface area contributed by atoms with Crippen LogP contribution in [0, 0.1) is 0 Å². The molecular weight excluding hydrogens is 1430 g/mol. The van der Waals surface area contributed by atoms with Crippen molar-refractivity contribution in [1.82, 2.24) is 25.8 Å². The average molecular weight is 1610 g/mol.